The van der Waals surface area contributed by atoms with Gasteiger partial charge in [0.1, 0.15) is 4.90 Å². The number of carbonyl (C=O) groups excluding carboxylic acids is 1. The van der Waals surface area contributed by atoms with Crippen LogP contribution >= 0.6 is 11.8 Å². The molecule has 1 aromatic rings. The van der Waals surface area contributed by atoms with Crippen LogP contribution in [0.2, 0.25) is 0 Å². The number of ether oxygens (including phenoxy) is 1. The highest BCUT2D eigenvalue weighted by Crippen LogP contribution is 2.19. The highest BCUT2D eigenvalue weighted by Gasteiger charge is 2.21. The maximum Gasteiger partial charge on any atom is 0.244 e. The van der Waals surface area contributed by atoms with E-state index >= 15 is 0 Å². The molecule has 26 heavy (non-hydrogen) atoms. The van der Waals surface area contributed by atoms with Crippen LogP contribution in [0.1, 0.15) is 34.1 Å². The topological polar surface area (TPSA) is 88.6 Å². The van der Waals surface area contributed by atoms with Gasteiger partial charge in [0.05, 0.1) is 16.9 Å². The number of thioether (sulfide) groups is 1. The second kappa shape index (κ2) is 11.5. The summed E-state index contributed by atoms with van der Waals surface area (Å²) < 4.78 is 31.6. The number of aromatic nitrogens is 1. The van der Waals surface area contributed by atoms with Gasteiger partial charge in [0.15, 0.2) is 0 Å². The van der Waals surface area contributed by atoms with Crippen molar-refractivity contribution in [3.63, 3.8) is 0 Å². The van der Waals surface area contributed by atoms with E-state index in [4.69, 9.17) is 4.74 Å². The van der Waals surface area contributed by atoms with Crippen molar-refractivity contribution in [3.05, 3.63) is 18.3 Å². The van der Waals surface area contributed by atoms with Gasteiger partial charge in [0, 0.05) is 32.4 Å². The maximum atomic E-state index is 12.4. The lowest BCUT2D eigenvalue weighted by molar-refractivity contribution is -0.118. The lowest BCUT2D eigenvalue weighted by Gasteiger charge is -2.18. The Labute approximate surface area is 160 Å². The van der Waals surface area contributed by atoms with Crippen molar-refractivity contribution in [3.8, 4) is 0 Å². The van der Waals surface area contributed by atoms with Crippen LogP contribution in [0.4, 0.5) is 0 Å². The second-order valence-electron chi connectivity index (χ2n) is 5.83. The van der Waals surface area contributed by atoms with Crippen LogP contribution in [0.25, 0.3) is 0 Å². The maximum absolute atomic E-state index is 12.4. The fraction of sp³-hybridized carbons (Fsp3) is 0.647. The summed E-state index contributed by atoms with van der Waals surface area (Å²) in [5, 5.41) is 3.44. The summed E-state index contributed by atoms with van der Waals surface area (Å²) in [7, 11) is -3.50. The summed E-state index contributed by atoms with van der Waals surface area (Å²) in [6, 6.07) is 3.16. The molecule has 0 radical (unpaired) electrons. The molecule has 0 atom stereocenters. The summed E-state index contributed by atoms with van der Waals surface area (Å²) in [5.74, 6) is 0.154. The Morgan fingerprint density at radius 1 is 1.31 bits per heavy atom. The number of pyridine rings is 1. The molecule has 1 amide bonds. The van der Waals surface area contributed by atoms with Gasteiger partial charge in [-0.25, -0.2) is 13.4 Å². The average Bonchev–Trinajstić information content (AvgIpc) is 2.60. The number of nitrogens with zero attached hydrogens (tertiary/aromatic N) is 2. The van der Waals surface area contributed by atoms with E-state index in [2.05, 4.69) is 10.3 Å². The molecule has 0 aliphatic heterocycles. The molecular weight excluding hydrogens is 374 g/mol. The largest absolute Gasteiger partial charge is 0.379 e. The summed E-state index contributed by atoms with van der Waals surface area (Å²) in [4.78, 5) is 16.1. The third-order valence-corrected chi connectivity index (χ3v) is 6.48. The van der Waals surface area contributed by atoms with Crippen LogP contribution in [0.5, 0.6) is 0 Å². The van der Waals surface area contributed by atoms with Crippen molar-refractivity contribution in [2.45, 2.75) is 50.1 Å². The average molecular weight is 404 g/mol. The Kier molecular flexibility index (Phi) is 10.1. The molecular formula is C17H29N3O4S2. The number of hydrogen-bond acceptors (Lipinski definition) is 6. The molecule has 0 aliphatic carbocycles. The van der Waals surface area contributed by atoms with Crippen LogP contribution in [-0.4, -0.2) is 61.7 Å². The van der Waals surface area contributed by atoms with Gasteiger partial charge in [-0.05, 0) is 32.4 Å². The predicted molar refractivity (Wildman–Crippen MR) is 104 cm³/mol. The Balaban J connectivity index is 2.44. The first-order valence-electron chi connectivity index (χ1n) is 8.78. The Hall–Kier alpha value is -1.16. The highest BCUT2D eigenvalue weighted by molar-refractivity contribution is 7.99. The van der Waals surface area contributed by atoms with Gasteiger partial charge in [0.25, 0.3) is 0 Å². The van der Waals surface area contributed by atoms with E-state index in [1.165, 1.54) is 28.3 Å². The van der Waals surface area contributed by atoms with Crippen molar-refractivity contribution in [2.75, 3.05) is 32.0 Å². The normalized spacial score (nSPS) is 11.9. The van der Waals surface area contributed by atoms with Crippen LogP contribution in [0, 0.1) is 0 Å². The number of sulfonamides is 1. The van der Waals surface area contributed by atoms with Gasteiger partial charge in [-0.1, -0.05) is 25.6 Å². The summed E-state index contributed by atoms with van der Waals surface area (Å²) >= 11 is 1.27. The molecule has 0 fully saturated rings. The highest BCUT2D eigenvalue weighted by atomic mass is 32.2. The lowest BCUT2D eigenvalue weighted by Crippen LogP contribution is -2.30. The molecule has 9 heteroatoms. The van der Waals surface area contributed by atoms with Crippen molar-refractivity contribution in [1.82, 2.24) is 14.6 Å². The quantitative estimate of drug-likeness (QED) is 0.425. The number of amides is 1. The van der Waals surface area contributed by atoms with Gasteiger partial charge >= 0.3 is 0 Å². The smallest absolute Gasteiger partial charge is 0.244 e. The molecule has 1 N–H and O–H groups in total. The number of carbonyl (C=O) groups is 1. The van der Waals surface area contributed by atoms with Gasteiger partial charge in [-0.15, -0.1) is 0 Å². The van der Waals surface area contributed by atoms with Crippen molar-refractivity contribution in [2.24, 2.45) is 0 Å². The van der Waals surface area contributed by atoms with Gasteiger partial charge in [0.2, 0.25) is 15.9 Å². The molecule has 0 spiro atoms. The van der Waals surface area contributed by atoms with E-state index in [1.54, 1.807) is 19.9 Å². The molecule has 0 saturated heterocycles. The fourth-order valence-corrected chi connectivity index (χ4v) is 4.20. The van der Waals surface area contributed by atoms with E-state index in [-0.39, 0.29) is 22.7 Å². The molecule has 148 valence electrons. The second-order valence-corrected chi connectivity index (χ2v) is 8.77. The molecule has 1 heterocycles. The molecule has 0 saturated carbocycles. The molecule has 1 rings (SSSR count). The zero-order chi connectivity index (χ0) is 19.6. The van der Waals surface area contributed by atoms with E-state index in [0.29, 0.717) is 31.3 Å². The number of hydrogen-bond donors (Lipinski definition) is 1. The summed E-state index contributed by atoms with van der Waals surface area (Å²) in [6.07, 6.45) is 2.31. The predicted octanol–water partition coefficient (Wildman–Crippen LogP) is 2.14. The van der Waals surface area contributed by atoms with Gasteiger partial charge in [-0.2, -0.15) is 4.31 Å². The van der Waals surface area contributed by atoms with E-state index < -0.39 is 10.0 Å². The molecule has 7 nitrogen and oxygen atoms in total. The fourth-order valence-electron chi connectivity index (χ4n) is 2.13. The SMILES string of the molecule is CCN(CC)S(=O)(=O)c1ccc(SCC(=O)NCCCOC(C)C)nc1. The lowest BCUT2D eigenvalue weighted by atomic mass is 10.4. The minimum atomic E-state index is -3.50. The van der Waals surface area contributed by atoms with Crippen LogP contribution in [0.3, 0.4) is 0 Å². The molecule has 1 aromatic heterocycles. The summed E-state index contributed by atoms with van der Waals surface area (Å²) in [6.45, 7) is 9.56. The standard InChI is InChI=1S/C17H29N3O4S2/c1-5-20(6-2)26(22,23)15-8-9-17(19-12-15)25-13-16(21)18-10-7-11-24-14(3)4/h8-9,12,14H,5-7,10-11,13H2,1-4H3,(H,18,21). The minimum absolute atomic E-state index is 0.0822. The molecule has 0 aliphatic rings. The van der Waals surface area contributed by atoms with Crippen LogP contribution in [0.15, 0.2) is 28.3 Å². The minimum Gasteiger partial charge on any atom is -0.379 e. The Bertz CT molecular complexity index is 644. The van der Waals surface area contributed by atoms with E-state index in [9.17, 15) is 13.2 Å². The first-order valence-corrected chi connectivity index (χ1v) is 11.2. The third-order valence-electron chi connectivity index (χ3n) is 3.50. The monoisotopic (exact) mass is 403 g/mol. The van der Waals surface area contributed by atoms with Crippen LogP contribution < -0.4 is 5.32 Å². The zero-order valence-electron chi connectivity index (χ0n) is 15.9. The number of nitrogens with one attached hydrogen (secondary N) is 1. The Morgan fingerprint density at radius 3 is 2.54 bits per heavy atom. The molecule has 0 unspecified atom stereocenters. The van der Waals surface area contributed by atoms with Crippen molar-refractivity contribution in [1.29, 1.82) is 0 Å². The van der Waals surface area contributed by atoms with E-state index in [1.807, 2.05) is 13.8 Å². The number of rotatable bonds is 12. The summed E-state index contributed by atoms with van der Waals surface area (Å²) in [5.41, 5.74) is 0. The molecule has 0 bridgehead atoms. The van der Waals surface area contributed by atoms with Crippen molar-refractivity contribution < 1.29 is 17.9 Å². The van der Waals surface area contributed by atoms with Crippen LogP contribution in [-0.2, 0) is 19.6 Å². The first-order chi connectivity index (χ1) is 12.3. The van der Waals surface area contributed by atoms with Gasteiger partial charge in [-0.3, -0.25) is 4.79 Å². The third kappa shape index (κ3) is 7.61. The van der Waals surface area contributed by atoms with E-state index in [0.717, 1.165) is 6.42 Å². The zero-order valence-corrected chi connectivity index (χ0v) is 17.5. The molecule has 0 aromatic carbocycles. The Morgan fingerprint density at radius 2 is 2.00 bits per heavy atom. The van der Waals surface area contributed by atoms with Gasteiger partial charge < -0.3 is 10.1 Å². The first kappa shape index (κ1) is 22.9. The van der Waals surface area contributed by atoms with Crippen molar-refractivity contribution >= 4 is 27.7 Å².